The number of nitrogens with zero attached hydrogens (tertiary/aromatic N) is 2. The first-order chi connectivity index (χ1) is 9.63. The SMILES string of the molecule is CCCCN1C(=O)CC(=O)N(Cc2ccccc2)C1=O. The molecule has 0 bridgehead atoms. The summed E-state index contributed by atoms with van der Waals surface area (Å²) in [7, 11) is 0. The number of benzene rings is 1. The van der Waals surface area contributed by atoms with E-state index in [9.17, 15) is 14.4 Å². The molecule has 2 rings (SSSR count). The molecule has 1 aromatic rings. The molecule has 0 spiro atoms. The van der Waals surface area contributed by atoms with Gasteiger partial charge in [-0.2, -0.15) is 0 Å². The molecular weight excluding hydrogens is 256 g/mol. The molecule has 1 fully saturated rings. The van der Waals surface area contributed by atoms with Crippen molar-refractivity contribution >= 4 is 17.8 Å². The number of amides is 4. The van der Waals surface area contributed by atoms with Crippen LogP contribution in [0, 0.1) is 0 Å². The molecule has 0 radical (unpaired) electrons. The van der Waals surface area contributed by atoms with Gasteiger partial charge in [0.2, 0.25) is 11.8 Å². The van der Waals surface area contributed by atoms with Gasteiger partial charge in [0.1, 0.15) is 6.42 Å². The third-order valence-corrected chi connectivity index (χ3v) is 3.29. The molecule has 0 aliphatic carbocycles. The molecule has 1 heterocycles. The smallest absolute Gasteiger partial charge is 0.274 e. The second-order valence-corrected chi connectivity index (χ2v) is 4.82. The monoisotopic (exact) mass is 274 g/mol. The Hall–Kier alpha value is -2.17. The maximum Gasteiger partial charge on any atom is 0.333 e. The first-order valence-corrected chi connectivity index (χ1v) is 6.82. The highest BCUT2D eigenvalue weighted by Gasteiger charge is 2.37. The van der Waals surface area contributed by atoms with E-state index in [0.29, 0.717) is 6.54 Å². The predicted molar refractivity (Wildman–Crippen MR) is 73.6 cm³/mol. The van der Waals surface area contributed by atoms with Crippen LogP contribution in [0.2, 0.25) is 0 Å². The zero-order chi connectivity index (χ0) is 14.5. The lowest BCUT2D eigenvalue weighted by Crippen LogP contribution is -2.54. The summed E-state index contributed by atoms with van der Waals surface area (Å²) in [6.45, 7) is 2.59. The number of barbiturate groups is 1. The van der Waals surface area contributed by atoms with Crippen molar-refractivity contribution < 1.29 is 14.4 Å². The first-order valence-electron chi connectivity index (χ1n) is 6.82. The lowest BCUT2D eigenvalue weighted by Gasteiger charge is -2.32. The van der Waals surface area contributed by atoms with Gasteiger partial charge < -0.3 is 0 Å². The largest absolute Gasteiger partial charge is 0.333 e. The lowest BCUT2D eigenvalue weighted by atomic mass is 10.1. The number of hydrogen-bond acceptors (Lipinski definition) is 3. The molecule has 0 aromatic heterocycles. The van der Waals surface area contributed by atoms with Crippen molar-refractivity contribution in [3.8, 4) is 0 Å². The summed E-state index contributed by atoms with van der Waals surface area (Å²) >= 11 is 0. The minimum atomic E-state index is -0.497. The Morgan fingerprint density at radius 1 is 1.00 bits per heavy atom. The Morgan fingerprint density at radius 2 is 1.65 bits per heavy atom. The fraction of sp³-hybridized carbons (Fsp3) is 0.400. The molecular formula is C15H18N2O3. The topological polar surface area (TPSA) is 57.7 Å². The van der Waals surface area contributed by atoms with Gasteiger partial charge in [0.05, 0.1) is 6.54 Å². The Kier molecular flexibility index (Phi) is 4.50. The average Bonchev–Trinajstić information content (AvgIpc) is 2.44. The van der Waals surface area contributed by atoms with Gasteiger partial charge in [0.25, 0.3) is 0 Å². The van der Waals surface area contributed by atoms with Crippen molar-refractivity contribution in [2.45, 2.75) is 32.7 Å². The Labute approximate surface area is 118 Å². The minimum absolute atomic E-state index is 0.217. The molecule has 0 unspecified atom stereocenters. The number of carbonyl (C=O) groups excluding carboxylic acids is 3. The maximum atomic E-state index is 12.3. The second-order valence-electron chi connectivity index (χ2n) is 4.82. The maximum absolute atomic E-state index is 12.3. The lowest BCUT2D eigenvalue weighted by molar-refractivity contribution is -0.142. The van der Waals surface area contributed by atoms with Crippen molar-refractivity contribution in [3.63, 3.8) is 0 Å². The van der Waals surface area contributed by atoms with E-state index in [-0.39, 0.29) is 13.0 Å². The Bertz CT molecular complexity index is 513. The molecule has 0 atom stereocenters. The van der Waals surface area contributed by atoms with E-state index in [0.717, 1.165) is 23.3 Å². The summed E-state index contributed by atoms with van der Waals surface area (Å²) in [5, 5.41) is 0. The van der Waals surface area contributed by atoms with Crippen LogP contribution >= 0.6 is 0 Å². The number of unbranched alkanes of at least 4 members (excludes halogenated alkanes) is 1. The highest BCUT2D eigenvalue weighted by Crippen LogP contribution is 2.16. The number of urea groups is 1. The number of rotatable bonds is 5. The van der Waals surface area contributed by atoms with E-state index in [2.05, 4.69) is 0 Å². The van der Waals surface area contributed by atoms with Gasteiger partial charge in [-0.3, -0.25) is 19.4 Å². The fourth-order valence-corrected chi connectivity index (χ4v) is 2.14. The van der Waals surface area contributed by atoms with Crippen LogP contribution < -0.4 is 0 Å². The molecule has 0 N–H and O–H groups in total. The van der Waals surface area contributed by atoms with E-state index >= 15 is 0 Å². The standard InChI is InChI=1S/C15H18N2O3/c1-2-3-9-16-13(18)10-14(19)17(15(16)20)11-12-7-5-4-6-8-12/h4-8H,2-3,9-11H2,1H3. The van der Waals surface area contributed by atoms with Crippen molar-refractivity contribution in [3.05, 3.63) is 35.9 Å². The quantitative estimate of drug-likeness (QED) is 0.773. The van der Waals surface area contributed by atoms with Crippen LogP contribution in [-0.4, -0.2) is 34.2 Å². The first kappa shape index (κ1) is 14.2. The molecule has 1 aliphatic heterocycles. The van der Waals surface area contributed by atoms with Gasteiger partial charge >= 0.3 is 6.03 Å². The summed E-state index contributed by atoms with van der Waals surface area (Å²) in [4.78, 5) is 38.3. The van der Waals surface area contributed by atoms with Crippen molar-refractivity contribution in [1.82, 2.24) is 9.80 Å². The summed E-state index contributed by atoms with van der Waals surface area (Å²) in [6, 6.07) is 8.80. The van der Waals surface area contributed by atoms with Gasteiger partial charge in [-0.1, -0.05) is 43.7 Å². The minimum Gasteiger partial charge on any atom is -0.274 e. The molecule has 0 saturated carbocycles. The zero-order valence-electron chi connectivity index (χ0n) is 11.5. The molecule has 5 nitrogen and oxygen atoms in total. The molecule has 1 aliphatic rings. The van der Waals surface area contributed by atoms with Crippen molar-refractivity contribution in [2.75, 3.05) is 6.54 Å². The normalized spacial score (nSPS) is 15.9. The molecule has 1 aromatic carbocycles. The van der Waals surface area contributed by atoms with Crippen LogP contribution in [-0.2, 0) is 16.1 Å². The van der Waals surface area contributed by atoms with E-state index < -0.39 is 17.8 Å². The summed E-state index contributed by atoms with van der Waals surface area (Å²) in [5.41, 5.74) is 0.874. The van der Waals surface area contributed by atoms with Crippen LogP contribution in [0.4, 0.5) is 4.79 Å². The van der Waals surface area contributed by atoms with Gasteiger partial charge in [-0.05, 0) is 12.0 Å². The highest BCUT2D eigenvalue weighted by atomic mass is 16.2. The number of imide groups is 2. The third kappa shape index (κ3) is 3.04. The van der Waals surface area contributed by atoms with Crippen LogP contribution in [0.25, 0.3) is 0 Å². The van der Waals surface area contributed by atoms with Crippen LogP contribution in [0.1, 0.15) is 31.7 Å². The summed E-state index contributed by atoms with van der Waals surface area (Å²) in [6.07, 6.45) is 1.43. The van der Waals surface area contributed by atoms with Crippen LogP contribution in [0.15, 0.2) is 30.3 Å². The Morgan fingerprint density at radius 3 is 2.30 bits per heavy atom. The van der Waals surface area contributed by atoms with E-state index in [4.69, 9.17) is 0 Å². The van der Waals surface area contributed by atoms with Crippen molar-refractivity contribution in [1.29, 1.82) is 0 Å². The predicted octanol–water partition coefficient (Wildman–Crippen LogP) is 2.17. The number of hydrogen-bond donors (Lipinski definition) is 0. The van der Waals surface area contributed by atoms with Gasteiger partial charge in [-0.25, -0.2) is 4.79 Å². The van der Waals surface area contributed by atoms with Gasteiger partial charge in [0, 0.05) is 6.54 Å². The molecule has 5 heteroatoms. The molecule has 4 amide bonds. The Balaban J connectivity index is 2.13. The van der Waals surface area contributed by atoms with Gasteiger partial charge in [-0.15, -0.1) is 0 Å². The number of carbonyl (C=O) groups is 3. The molecule has 106 valence electrons. The molecule has 1 saturated heterocycles. The zero-order valence-corrected chi connectivity index (χ0v) is 11.5. The second kappa shape index (κ2) is 6.32. The van der Waals surface area contributed by atoms with Crippen LogP contribution in [0.5, 0.6) is 0 Å². The van der Waals surface area contributed by atoms with Gasteiger partial charge in [0.15, 0.2) is 0 Å². The summed E-state index contributed by atoms with van der Waals surface area (Å²) < 4.78 is 0. The van der Waals surface area contributed by atoms with Crippen LogP contribution in [0.3, 0.4) is 0 Å². The highest BCUT2D eigenvalue weighted by molar-refractivity contribution is 6.13. The van der Waals surface area contributed by atoms with E-state index in [1.807, 2.05) is 37.3 Å². The third-order valence-electron chi connectivity index (χ3n) is 3.29. The molecule has 20 heavy (non-hydrogen) atoms. The van der Waals surface area contributed by atoms with E-state index in [1.54, 1.807) is 0 Å². The van der Waals surface area contributed by atoms with Crippen molar-refractivity contribution in [2.24, 2.45) is 0 Å². The van der Waals surface area contributed by atoms with E-state index in [1.165, 1.54) is 4.90 Å². The fourth-order valence-electron chi connectivity index (χ4n) is 2.14. The summed E-state index contributed by atoms with van der Waals surface area (Å²) in [5.74, 6) is -0.811. The average molecular weight is 274 g/mol.